The third-order valence-corrected chi connectivity index (χ3v) is 6.79. The topological polar surface area (TPSA) is 80.8 Å². The number of nitrogens with one attached hydrogen (secondary N) is 1. The lowest BCUT2D eigenvalue weighted by Gasteiger charge is -2.39. The third kappa shape index (κ3) is 5.62. The van der Waals surface area contributed by atoms with Crippen molar-refractivity contribution < 1.29 is 19.1 Å². The number of benzene rings is 2. The molecule has 0 saturated carbocycles. The number of hydrogen-bond acceptors (Lipinski definition) is 5. The van der Waals surface area contributed by atoms with E-state index in [1.54, 1.807) is 12.4 Å². The summed E-state index contributed by atoms with van der Waals surface area (Å²) in [7, 11) is 0. The number of ether oxygens (including phenoxy) is 2. The van der Waals surface area contributed by atoms with Crippen molar-refractivity contribution in [2.75, 3.05) is 31.6 Å². The fourth-order valence-corrected chi connectivity index (χ4v) is 4.88. The van der Waals surface area contributed by atoms with E-state index in [0.29, 0.717) is 43.3 Å². The molecule has 7 nitrogen and oxygen atoms in total. The highest BCUT2D eigenvalue weighted by Gasteiger charge is 2.33. The first-order chi connectivity index (χ1) is 17.2. The van der Waals surface area contributed by atoms with Crippen molar-refractivity contribution in [3.05, 3.63) is 73.1 Å². The van der Waals surface area contributed by atoms with Crippen LogP contribution in [0, 0.1) is 11.8 Å². The molecule has 2 aliphatic heterocycles. The molecule has 0 bridgehead atoms. The Morgan fingerprint density at radius 3 is 2.77 bits per heavy atom. The van der Waals surface area contributed by atoms with Crippen molar-refractivity contribution in [1.29, 1.82) is 0 Å². The molecule has 1 N–H and O–H groups in total. The first-order valence-electron chi connectivity index (χ1n) is 12.1. The highest BCUT2D eigenvalue weighted by Crippen LogP contribution is 2.35. The van der Waals surface area contributed by atoms with E-state index in [4.69, 9.17) is 9.47 Å². The van der Waals surface area contributed by atoms with Gasteiger partial charge < -0.3 is 19.7 Å². The highest BCUT2D eigenvalue weighted by atomic mass is 16.5. The number of piperidine rings is 1. The monoisotopic (exact) mass is 471 g/mol. The molecule has 180 valence electrons. The Bertz CT molecular complexity index is 1170. The smallest absolute Gasteiger partial charge is 0.260 e. The van der Waals surface area contributed by atoms with E-state index in [-0.39, 0.29) is 30.3 Å². The predicted molar refractivity (Wildman–Crippen MR) is 133 cm³/mol. The summed E-state index contributed by atoms with van der Waals surface area (Å²) in [4.78, 5) is 31.8. The van der Waals surface area contributed by atoms with Crippen molar-refractivity contribution in [2.45, 2.75) is 19.3 Å². The Hall–Kier alpha value is -3.87. The lowest BCUT2D eigenvalue weighted by molar-refractivity contribution is -0.136. The summed E-state index contributed by atoms with van der Waals surface area (Å²) < 4.78 is 11.7. The van der Waals surface area contributed by atoms with E-state index in [2.05, 4.69) is 10.3 Å². The number of rotatable bonds is 4. The number of aromatic nitrogens is 1. The van der Waals surface area contributed by atoms with Gasteiger partial charge >= 0.3 is 0 Å². The molecule has 3 aromatic rings. The van der Waals surface area contributed by atoms with E-state index in [9.17, 15) is 9.59 Å². The minimum Gasteiger partial charge on any atom is -0.491 e. The molecule has 2 aromatic carbocycles. The van der Waals surface area contributed by atoms with Crippen LogP contribution in [-0.4, -0.2) is 48.0 Å². The average molecular weight is 472 g/mol. The number of anilines is 1. The van der Waals surface area contributed by atoms with Gasteiger partial charge in [-0.2, -0.15) is 0 Å². The first kappa shape index (κ1) is 22.9. The molecule has 2 aliphatic rings. The summed E-state index contributed by atoms with van der Waals surface area (Å²) in [5.41, 5.74) is 2.63. The zero-order valence-electron chi connectivity index (χ0n) is 19.6. The van der Waals surface area contributed by atoms with Gasteiger partial charge in [-0.1, -0.05) is 30.3 Å². The van der Waals surface area contributed by atoms with Crippen LogP contribution in [0.15, 0.2) is 73.1 Å². The second-order valence-electron chi connectivity index (χ2n) is 9.09. The van der Waals surface area contributed by atoms with Crippen LogP contribution in [0.1, 0.15) is 19.3 Å². The molecule has 2 amide bonds. The summed E-state index contributed by atoms with van der Waals surface area (Å²) >= 11 is 0. The number of nitrogens with zero attached hydrogens (tertiary/aromatic N) is 2. The van der Waals surface area contributed by atoms with Crippen molar-refractivity contribution >= 4 is 17.5 Å². The number of para-hydroxylation sites is 1. The molecule has 2 atom stereocenters. The second kappa shape index (κ2) is 10.6. The standard InChI is InChI=1S/C28H29N3O4/c32-27-16-21-10-13-31(28(33)19-35-24-6-2-1-3-7-24)18-23(21)11-14-34-26-9-8-20(15-25(26)30-27)22-5-4-12-29-17-22/h1-9,12,15,17,21,23H,10-11,13-14,16,18-19H2,(H,30,32)/t21-,23-/m0/s1. The zero-order valence-corrected chi connectivity index (χ0v) is 19.6. The summed E-state index contributed by atoms with van der Waals surface area (Å²) in [5, 5.41) is 3.06. The van der Waals surface area contributed by atoms with Crippen LogP contribution in [0.3, 0.4) is 0 Å². The van der Waals surface area contributed by atoms with Gasteiger partial charge in [0, 0.05) is 37.5 Å². The van der Waals surface area contributed by atoms with Crippen molar-refractivity contribution in [2.24, 2.45) is 11.8 Å². The van der Waals surface area contributed by atoms with E-state index >= 15 is 0 Å². The number of carbonyl (C=O) groups excluding carboxylic acids is 2. The van der Waals surface area contributed by atoms with Crippen LogP contribution in [0.4, 0.5) is 5.69 Å². The van der Waals surface area contributed by atoms with Gasteiger partial charge in [0.15, 0.2) is 6.61 Å². The third-order valence-electron chi connectivity index (χ3n) is 6.79. The molecule has 0 radical (unpaired) electrons. The number of fused-ring (bicyclic) bond motifs is 2. The molecule has 5 rings (SSSR count). The van der Waals surface area contributed by atoms with Gasteiger partial charge in [-0.3, -0.25) is 14.6 Å². The number of likely N-dealkylation sites (tertiary alicyclic amines) is 1. The fraction of sp³-hybridized carbons (Fsp3) is 0.321. The zero-order chi connectivity index (χ0) is 24.0. The molecular formula is C28H29N3O4. The molecule has 1 saturated heterocycles. The average Bonchev–Trinajstić information content (AvgIpc) is 2.90. The molecule has 0 spiro atoms. The van der Waals surface area contributed by atoms with E-state index in [0.717, 1.165) is 24.0 Å². The first-order valence-corrected chi connectivity index (χ1v) is 12.1. The summed E-state index contributed by atoms with van der Waals surface area (Å²) in [6, 6.07) is 19.1. The summed E-state index contributed by atoms with van der Waals surface area (Å²) in [5.74, 6) is 1.70. The van der Waals surface area contributed by atoms with E-state index < -0.39 is 0 Å². The normalized spacial score (nSPS) is 20.0. The predicted octanol–water partition coefficient (Wildman–Crippen LogP) is 4.40. The molecule has 7 heteroatoms. The fourth-order valence-electron chi connectivity index (χ4n) is 4.88. The molecule has 1 aromatic heterocycles. The summed E-state index contributed by atoms with van der Waals surface area (Å²) in [6.45, 7) is 1.79. The van der Waals surface area contributed by atoms with Gasteiger partial charge in [0.05, 0.1) is 12.3 Å². The number of amides is 2. The lowest BCUT2D eigenvalue weighted by Crippen LogP contribution is -2.46. The van der Waals surface area contributed by atoms with Gasteiger partial charge in [0.2, 0.25) is 5.91 Å². The van der Waals surface area contributed by atoms with Gasteiger partial charge in [-0.15, -0.1) is 0 Å². The maximum absolute atomic E-state index is 13.0. The molecule has 3 heterocycles. The van der Waals surface area contributed by atoms with E-state index in [1.165, 1.54) is 0 Å². The number of hydrogen-bond donors (Lipinski definition) is 1. The van der Waals surface area contributed by atoms with Gasteiger partial charge in [0.1, 0.15) is 11.5 Å². The Labute approximate surface area is 205 Å². The minimum absolute atomic E-state index is 0.0189. The van der Waals surface area contributed by atoms with Crippen molar-refractivity contribution in [3.63, 3.8) is 0 Å². The number of carbonyl (C=O) groups is 2. The minimum atomic E-state index is -0.0257. The van der Waals surface area contributed by atoms with Crippen LogP contribution < -0.4 is 14.8 Å². The molecule has 0 unspecified atom stereocenters. The van der Waals surface area contributed by atoms with Crippen LogP contribution in [-0.2, 0) is 9.59 Å². The Morgan fingerprint density at radius 1 is 1.06 bits per heavy atom. The lowest BCUT2D eigenvalue weighted by atomic mass is 9.81. The van der Waals surface area contributed by atoms with Crippen molar-refractivity contribution in [1.82, 2.24) is 9.88 Å². The Kier molecular flexibility index (Phi) is 6.93. The van der Waals surface area contributed by atoms with Crippen LogP contribution in [0.2, 0.25) is 0 Å². The Morgan fingerprint density at radius 2 is 1.94 bits per heavy atom. The van der Waals surface area contributed by atoms with Gasteiger partial charge in [-0.25, -0.2) is 0 Å². The second-order valence-corrected chi connectivity index (χ2v) is 9.09. The largest absolute Gasteiger partial charge is 0.491 e. The van der Waals surface area contributed by atoms with Crippen molar-refractivity contribution in [3.8, 4) is 22.6 Å². The summed E-state index contributed by atoms with van der Waals surface area (Å²) in [6.07, 6.45) is 5.54. The van der Waals surface area contributed by atoms with Crippen LogP contribution in [0.5, 0.6) is 11.5 Å². The van der Waals surface area contributed by atoms with Crippen LogP contribution >= 0.6 is 0 Å². The van der Waals surface area contributed by atoms with E-state index in [1.807, 2.05) is 65.6 Å². The molecular weight excluding hydrogens is 442 g/mol. The van der Waals surface area contributed by atoms with Gasteiger partial charge in [-0.05, 0) is 60.6 Å². The maximum atomic E-state index is 13.0. The maximum Gasteiger partial charge on any atom is 0.260 e. The SMILES string of the molecule is O=C1C[C@@H]2CCN(C(=O)COc3ccccc3)C[C@@H]2CCOc2ccc(-c3cccnc3)cc2N1. The quantitative estimate of drug-likeness (QED) is 0.610. The molecule has 1 fully saturated rings. The Balaban J connectivity index is 1.24. The molecule has 0 aliphatic carbocycles. The molecule has 35 heavy (non-hydrogen) atoms. The number of pyridine rings is 1. The van der Waals surface area contributed by atoms with Gasteiger partial charge in [0.25, 0.3) is 5.91 Å². The van der Waals surface area contributed by atoms with Crippen LogP contribution in [0.25, 0.3) is 11.1 Å². The highest BCUT2D eigenvalue weighted by molar-refractivity contribution is 5.93.